The maximum atomic E-state index is 13.0. The predicted molar refractivity (Wildman–Crippen MR) is 128 cm³/mol. The van der Waals surface area contributed by atoms with Crippen LogP contribution in [0.25, 0.3) is 0 Å². The molecule has 0 radical (unpaired) electrons. The Hall–Kier alpha value is -3.03. The summed E-state index contributed by atoms with van der Waals surface area (Å²) in [4.78, 5) is 17.2. The monoisotopic (exact) mass is 486 g/mol. The standard InChI is InChI=1S/C24H24Cl2N4O3/c1-3-4-11-32-23(31)21-15(2)29-24-27-14-28-30(24)22(21)17-6-8-18(9-7-17)33-13-16-5-10-19(25)20(26)12-16/h5-10,12,14,22H,3-4,11,13H2,1-2H3,(H,27,28,29). The van der Waals surface area contributed by atoms with Gasteiger partial charge in [-0.25, -0.2) is 9.48 Å². The summed E-state index contributed by atoms with van der Waals surface area (Å²) in [6.45, 7) is 4.63. The Balaban J connectivity index is 1.55. The number of anilines is 1. The fraction of sp³-hybridized carbons (Fsp3) is 0.292. The van der Waals surface area contributed by atoms with Gasteiger partial charge < -0.3 is 14.8 Å². The molecule has 2 heterocycles. The first-order valence-electron chi connectivity index (χ1n) is 10.7. The molecule has 0 fully saturated rings. The zero-order chi connectivity index (χ0) is 23.4. The summed E-state index contributed by atoms with van der Waals surface area (Å²) in [7, 11) is 0. The highest BCUT2D eigenvalue weighted by Gasteiger charge is 2.34. The van der Waals surface area contributed by atoms with Gasteiger partial charge in [-0.15, -0.1) is 0 Å². The molecule has 1 N–H and O–H groups in total. The zero-order valence-electron chi connectivity index (χ0n) is 18.3. The molecule has 0 aliphatic carbocycles. The normalized spacial score (nSPS) is 15.1. The molecule has 1 atom stereocenters. The number of fused-ring (bicyclic) bond motifs is 1. The van der Waals surface area contributed by atoms with E-state index in [2.05, 4.69) is 22.3 Å². The molecule has 0 amide bonds. The van der Waals surface area contributed by atoms with Crippen molar-refractivity contribution < 1.29 is 14.3 Å². The Bertz CT molecular complexity index is 1170. The van der Waals surface area contributed by atoms with Gasteiger partial charge in [-0.2, -0.15) is 10.1 Å². The van der Waals surface area contributed by atoms with Gasteiger partial charge in [0.15, 0.2) is 0 Å². The van der Waals surface area contributed by atoms with Crippen molar-refractivity contribution in [2.75, 3.05) is 11.9 Å². The number of halogens is 2. The topological polar surface area (TPSA) is 78.3 Å². The summed E-state index contributed by atoms with van der Waals surface area (Å²) in [6.07, 6.45) is 3.22. The van der Waals surface area contributed by atoms with Gasteiger partial charge in [0, 0.05) is 5.70 Å². The van der Waals surface area contributed by atoms with Crippen LogP contribution in [0.5, 0.6) is 5.75 Å². The van der Waals surface area contributed by atoms with Crippen molar-refractivity contribution in [3.05, 3.63) is 81.2 Å². The number of aromatic nitrogens is 3. The van der Waals surface area contributed by atoms with E-state index in [1.165, 1.54) is 6.33 Å². The fourth-order valence-electron chi connectivity index (χ4n) is 3.59. The number of benzene rings is 2. The highest BCUT2D eigenvalue weighted by molar-refractivity contribution is 6.42. The molecule has 1 aliphatic heterocycles. The number of carbonyl (C=O) groups excluding carboxylic acids is 1. The number of allylic oxidation sites excluding steroid dienone is 1. The smallest absolute Gasteiger partial charge is 0.338 e. The second-order valence-electron chi connectivity index (χ2n) is 7.69. The van der Waals surface area contributed by atoms with E-state index >= 15 is 0 Å². The maximum absolute atomic E-state index is 13.0. The highest BCUT2D eigenvalue weighted by Crippen LogP contribution is 2.36. The molecule has 172 valence electrons. The van der Waals surface area contributed by atoms with Crippen LogP contribution in [0.1, 0.15) is 43.9 Å². The lowest BCUT2D eigenvalue weighted by Gasteiger charge is -2.28. The molecule has 0 saturated heterocycles. The van der Waals surface area contributed by atoms with E-state index in [0.717, 1.165) is 24.0 Å². The van der Waals surface area contributed by atoms with E-state index in [0.29, 0.717) is 46.2 Å². The van der Waals surface area contributed by atoms with Crippen LogP contribution in [0.15, 0.2) is 60.1 Å². The number of nitrogens with one attached hydrogen (secondary N) is 1. The third kappa shape index (κ3) is 5.15. The fourth-order valence-corrected chi connectivity index (χ4v) is 3.91. The lowest BCUT2D eigenvalue weighted by Crippen LogP contribution is -2.29. The third-order valence-electron chi connectivity index (χ3n) is 5.33. The van der Waals surface area contributed by atoms with Crippen LogP contribution in [0.2, 0.25) is 10.0 Å². The summed E-state index contributed by atoms with van der Waals surface area (Å²) in [5.41, 5.74) is 2.98. The minimum atomic E-state index is -0.456. The molecule has 0 spiro atoms. The molecule has 2 aromatic carbocycles. The van der Waals surface area contributed by atoms with Gasteiger partial charge in [0.2, 0.25) is 5.95 Å². The second-order valence-corrected chi connectivity index (χ2v) is 8.50. The summed E-state index contributed by atoms with van der Waals surface area (Å²) >= 11 is 12.0. The number of nitrogens with zero attached hydrogens (tertiary/aromatic N) is 3. The largest absolute Gasteiger partial charge is 0.489 e. The Labute approximate surface area is 202 Å². The summed E-state index contributed by atoms with van der Waals surface area (Å²) in [5, 5.41) is 8.48. The molecule has 7 nitrogen and oxygen atoms in total. The van der Waals surface area contributed by atoms with Gasteiger partial charge in [-0.3, -0.25) is 0 Å². The Morgan fingerprint density at radius 1 is 1.15 bits per heavy atom. The molecule has 4 rings (SSSR count). The Morgan fingerprint density at radius 2 is 1.94 bits per heavy atom. The molecule has 9 heteroatoms. The van der Waals surface area contributed by atoms with Crippen molar-refractivity contribution in [1.82, 2.24) is 14.8 Å². The average molecular weight is 487 g/mol. The average Bonchev–Trinajstić information content (AvgIpc) is 3.27. The molecule has 1 unspecified atom stereocenters. The number of hydrogen-bond donors (Lipinski definition) is 1. The first-order valence-corrected chi connectivity index (χ1v) is 11.4. The quantitative estimate of drug-likeness (QED) is 0.320. The summed E-state index contributed by atoms with van der Waals surface area (Å²) in [5.74, 6) is 0.896. The van der Waals surface area contributed by atoms with E-state index in [9.17, 15) is 4.79 Å². The summed E-state index contributed by atoms with van der Waals surface area (Å²) < 4.78 is 13.1. The third-order valence-corrected chi connectivity index (χ3v) is 6.07. The number of hydrogen-bond acceptors (Lipinski definition) is 6. The van der Waals surface area contributed by atoms with Gasteiger partial charge in [-0.05, 0) is 48.7 Å². The van der Waals surface area contributed by atoms with Crippen LogP contribution in [-0.4, -0.2) is 27.3 Å². The van der Waals surface area contributed by atoms with Crippen molar-refractivity contribution in [1.29, 1.82) is 0 Å². The molecule has 3 aromatic rings. The highest BCUT2D eigenvalue weighted by atomic mass is 35.5. The molecule has 1 aliphatic rings. The lowest BCUT2D eigenvalue weighted by molar-refractivity contribution is -0.139. The van der Waals surface area contributed by atoms with Crippen LogP contribution in [0.3, 0.4) is 0 Å². The molecular formula is C24H24Cl2N4O3. The van der Waals surface area contributed by atoms with Gasteiger partial charge in [0.05, 0.1) is 22.2 Å². The van der Waals surface area contributed by atoms with E-state index in [1.54, 1.807) is 16.8 Å². The summed E-state index contributed by atoms with van der Waals surface area (Å²) in [6, 6.07) is 12.5. The number of ether oxygens (including phenoxy) is 2. The van der Waals surface area contributed by atoms with Crippen LogP contribution in [0.4, 0.5) is 5.95 Å². The SMILES string of the molecule is CCCCOC(=O)C1=C(C)Nc2ncnn2C1c1ccc(OCc2ccc(Cl)c(Cl)c2)cc1. The van der Waals surface area contributed by atoms with Crippen LogP contribution in [0, 0.1) is 0 Å². The number of carbonyl (C=O) groups is 1. The van der Waals surface area contributed by atoms with Gasteiger partial charge >= 0.3 is 5.97 Å². The zero-order valence-corrected chi connectivity index (χ0v) is 19.9. The first-order chi connectivity index (χ1) is 16.0. The van der Waals surface area contributed by atoms with Crippen molar-refractivity contribution in [2.24, 2.45) is 0 Å². The van der Waals surface area contributed by atoms with E-state index < -0.39 is 6.04 Å². The maximum Gasteiger partial charge on any atom is 0.338 e. The first kappa shape index (κ1) is 23.1. The Morgan fingerprint density at radius 3 is 2.67 bits per heavy atom. The lowest BCUT2D eigenvalue weighted by atomic mass is 9.96. The van der Waals surface area contributed by atoms with Crippen molar-refractivity contribution in [3.8, 4) is 5.75 Å². The van der Waals surface area contributed by atoms with Gasteiger partial charge in [0.25, 0.3) is 0 Å². The Kier molecular flexibility index (Phi) is 7.20. The van der Waals surface area contributed by atoms with Gasteiger partial charge in [0.1, 0.15) is 24.7 Å². The number of esters is 1. The van der Waals surface area contributed by atoms with Crippen molar-refractivity contribution in [3.63, 3.8) is 0 Å². The van der Waals surface area contributed by atoms with E-state index in [-0.39, 0.29) is 5.97 Å². The molecular weight excluding hydrogens is 463 g/mol. The minimum Gasteiger partial charge on any atom is -0.489 e. The number of unbranched alkanes of at least 4 members (excludes halogenated alkanes) is 1. The van der Waals surface area contributed by atoms with Crippen LogP contribution >= 0.6 is 23.2 Å². The van der Waals surface area contributed by atoms with Gasteiger partial charge in [-0.1, -0.05) is 54.7 Å². The van der Waals surface area contributed by atoms with E-state index in [4.69, 9.17) is 32.7 Å². The molecule has 1 aromatic heterocycles. The van der Waals surface area contributed by atoms with Crippen LogP contribution < -0.4 is 10.1 Å². The second kappa shape index (κ2) is 10.3. The number of rotatable bonds is 8. The molecule has 33 heavy (non-hydrogen) atoms. The van der Waals surface area contributed by atoms with E-state index in [1.807, 2.05) is 37.3 Å². The van der Waals surface area contributed by atoms with Crippen molar-refractivity contribution >= 4 is 35.1 Å². The van der Waals surface area contributed by atoms with Crippen molar-refractivity contribution in [2.45, 2.75) is 39.3 Å². The predicted octanol–water partition coefficient (Wildman–Crippen LogP) is 5.80. The molecule has 0 saturated carbocycles. The molecule has 0 bridgehead atoms. The van der Waals surface area contributed by atoms with Crippen LogP contribution in [-0.2, 0) is 16.1 Å². The minimum absolute atomic E-state index is 0.352.